The number of amides is 1. The van der Waals surface area contributed by atoms with Crippen molar-refractivity contribution in [3.63, 3.8) is 0 Å². The first-order valence-electron chi connectivity index (χ1n) is 7.42. The summed E-state index contributed by atoms with van der Waals surface area (Å²) in [5, 5.41) is 9.37. The minimum absolute atomic E-state index is 0.0249. The van der Waals surface area contributed by atoms with Crippen molar-refractivity contribution in [2.75, 3.05) is 11.4 Å². The quantitative estimate of drug-likeness (QED) is 0.809. The van der Waals surface area contributed by atoms with Crippen LogP contribution in [0.15, 0.2) is 30.4 Å². The summed E-state index contributed by atoms with van der Waals surface area (Å²) in [6.45, 7) is -0.0751. The highest BCUT2D eigenvalue weighted by atomic mass is 35.5. The average Bonchev–Trinajstić information content (AvgIpc) is 3.15. The van der Waals surface area contributed by atoms with Gasteiger partial charge < -0.3 is 14.7 Å². The van der Waals surface area contributed by atoms with Gasteiger partial charge in [-0.05, 0) is 18.2 Å². The molecule has 9 heteroatoms. The molecule has 0 aliphatic carbocycles. The lowest BCUT2D eigenvalue weighted by Crippen LogP contribution is -2.39. The van der Waals surface area contributed by atoms with Crippen LogP contribution < -0.4 is 4.90 Å². The van der Waals surface area contributed by atoms with Crippen molar-refractivity contribution in [3.05, 3.63) is 40.9 Å². The van der Waals surface area contributed by atoms with E-state index in [4.69, 9.17) is 16.3 Å². The number of halogens is 4. The predicted octanol–water partition coefficient (Wildman–Crippen LogP) is 2.73. The molecule has 0 unspecified atom stereocenters. The summed E-state index contributed by atoms with van der Waals surface area (Å²) in [7, 11) is 0. The molecule has 1 aromatic rings. The fraction of sp³-hybridized carbons (Fsp3) is 0.375. The lowest BCUT2D eigenvalue weighted by atomic mass is 9.77. The van der Waals surface area contributed by atoms with Gasteiger partial charge in [0.25, 0.3) is 0 Å². The number of anilines is 1. The summed E-state index contributed by atoms with van der Waals surface area (Å²) >= 11 is 6.01. The maximum atomic E-state index is 13.0. The molecule has 1 N–H and O–H groups in total. The summed E-state index contributed by atoms with van der Waals surface area (Å²) in [4.78, 5) is 25.4. The first-order chi connectivity index (χ1) is 11.6. The first-order valence-corrected chi connectivity index (χ1v) is 7.80. The molecule has 2 saturated heterocycles. The van der Waals surface area contributed by atoms with Crippen LogP contribution in [0.4, 0.5) is 18.9 Å². The molecule has 0 saturated carbocycles. The topological polar surface area (TPSA) is 66.8 Å². The molecule has 3 aliphatic rings. The lowest BCUT2D eigenvalue weighted by molar-refractivity contribution is -0.146. The number of carbonyl (C=O) groups excluding carboxylic acids is 1. The van der Waals surface area contributed by atoms with Gasteiger partial charge >= 0.3 is 12.1 Å². The number of carboxylic acid groups (broad SMARTS) is 1. The van der Waals surface area contributed by atoms with E-state index in [-0.39, 0.29) is 17.3 Å². The zero-order valence-electron chi connectivity index (χ0n) is 12.5. The summed E-state index contributed by atoms with van der Waals surface area (Å²) in [5.74, 6) is -3.82. The Morgan fingerprint density at radius 1 is 1.40 bits per heavy atom. The van der Waals surface area contributed by atoms with Crippen LogP contribution in [0.2, 0.25) is 5.02 Å². The number of ether oxygens (including phenoxy) is 1. The number of nitrogens with zero attached hydrogens (tertiary/aromatic N) is 1. The van der Waals surface area contributed by atoms with E-state index >= 15 is 0 Å². The zero-order valence-corrected chi connectivity index (χ0v) is 13.2. The Morgan fingerprint density at radius 2 is 2.12 bits per heavy atom. The van der Waals surface area contributed by atoms with E-state index in [1.54, 1.807) is 12.2 Å². The van der Waals surface area contributed by atoms with Crippen molar-refractivity contribution in [2.45, 2.75) is 17.9 Å². The van der Waals surface area contributed by atoms with Gasteiger partial charge in [0.15, 0.2) is 0 Å². The summed E-state index contributed by atoms with van der Waals surface area (Å²) in [6, 6.07) is 2.69. The third-order valence-electron chi connectivity index (χ3n) is 4.95. The second-order valence-corrected chi connectivity index (χ2v) is 6.73. The number of carboxylic acids is 1. The van der Waals surface area contributed by atoms with Crippen molar-refractivity contribution in [1.29, 1.82) is 0 Å². The SMILES string of the molecule is O=C(O)[C@H]1[C@@H]2C=C[C@]3(CN(c4cc(C(F)(F)F)ccc4Cl)C(=O)[C@@H]13)O2. The van der Waals surface area contributed by atoms with Gasteiger partial charge in [0.2, 0.25) is 5.91 Å². The third kappa shape index (κ3) is 2.20. The van der Waals surface area contributed by atoms with E-state index in [1.807, 2.05) is 0 Å². The molecule has 1 aromatic carbocycles. The Labute approximate surface area is 144 Å². The number of rotatable bonds is 2. The lowest BCUT2D eigenvalue weighted by Gasteiger charge is -2.23. The minimum atomic E-state index is -4.59. The zero-order chi connectivity index (χ0) is 18.1. The van der Waals surface area contributed by atoms with Crippen LogP contribution in [-0.2, 0) is 20.5 Å². The van der Waals surface area contributed by atoms with Crippen molar-refractivity contribution in [2.24, 2.45) is 11.8 Å². The maximum absolute atomic E-state index is 13.0. The Kier molecular flexibility index (Phi) is 3.27. The molecule has 1 spiro atoms. The monoisotopic (exact) mass is 373 g/mol. The Hall–Kier alpha value is -2.06. The molecule has 0 aromatic heterocycles. The van der Waals surface area contributed by atoms with Gasteiger partial charge in [-0.25, -0.2) is 0 Å². The molecule has 5 nitrogen and oxygen atoms in total. The molecule has 25 heavy (non-hydrogen) atoms. The van der Waals surface area contributed by atoms with Gasteiger partial charge in [-0.2, -0.15) is 13.2 Å². The molecular formula is C16H11ClF3NO4. The van der Waals surface area contributed by atoms with Gasteiger partial charge in [0.05, 0.1) is 34.8 Å². The number of hydrogen-bond donors (Lipinski definition) is 1. The summed E-state index contributed by atoms with van der Waals surface area (Å²) < 4.78 is 44.6. The number of benzene rings is 1. The molecule has 3 aliphatic heterocycles. The number of aliphatic carboxylic acids is 1. The smallest absolute Gasteiger partial charge is 0.416 e. The Morgan fingerprint density at radius 3 is 2.76 bits per heavy atom. The average molecular weight is 374 g/mol. The Balaban J connectivity index is 1.76. The van der Waals surface area contributed by atoms with Crippen LogP contribution in [0.5, 0.6) is 0 Å². The van der Waals surface area contributed by atoms with Crippen LogP contribution in [0.3, 0.4) is 0 Å². The van der Waals surface area contributed by atoms with E-state index in [1.165, 1.54) is 0 Å². The van der Waals surface area contributed by atoms with E-state index in [0.717, 1.165) is 23.1 Å². The van der Waals surface area contributed by atoms with Crippen LogP contribution in [-0.4, -0.2) is 35.2 Å². The predicted molar refractivity (Wildman–Crippen MR) is 80.2 cm³/mol. The molecule has 132 valence electrons. The van der Waals surface area contributed by atoms with Crippen molar-refractivity contribution >= 4 is 29.2 Å². The highest BCUT2D eigenvalue weighted by Crippen LogP contribution is 2.53. The van der Waals surface area contributed by atoms with Crippen LogP contribution in [0.25, 0.3) is 0 Å². The number of hydrogen-bond acceptors (Lipinski definition) is 3. The van der Waals surface area contributed by atoms with E-state index in [2.05, 4.69) is 0 Å². The largest absolute Gasteiger partial charge is 0.481 e. The van der Waals surface area contributed by atoms with Gasteiger partial charge in [-0.3, -0.25) is 9.59 Å². The minimum Gasteiger partial charge on any atom is -0.481 e. The van der Waals surface area contributed by atoms with Crippen molar-refractivity contribution in [1.82, 2.24) is 0 Å². The molecule has 1 amide bonds. The number of alkyl halides is 3. The van der Waals surface area contributed by atoms with Gasteiger partial charge in [0.1, 0.15) is 11.5 Å². The molecular weight excluding hydrogens is 363 g/mol. The molecule has 4 atom stereocenters. The second-order valence-electron chi connectivity index (χ2n) is 6.33. The van der Waals surface area contributed by atoms with Crippen LogP contribution in [0, 0.1) is 11.8 Å². The first kappa shape index (κ1) is 16.4. The standard InChI is InChI=1S/C16H11ClF3NO4/c17-8-2-1-7(16(18,19)20)5-9(8)21-6-15-4-3-10(25-15)11(14(23)24)12(15)13(21)22/h1-5,10-12H,6H2,(H,23,24)/t10-,11-,12+,15+/m0/s1. The molecule has 2 fully saturated rings. The highest BCUT2D eigenvalue weighted by Gasteiger charge is 2.67. The molecule has 0 radical (unpaired) electrons. The number of fused-ring (bicyclic) bond motifs is 1. The van der Waals surface area contributed by atoms with Gasteiger partial charge in [-0.15, -0.1) is 0 Å². The van der Waals surface area contributed by atoms with E-state index in [9.17, 15) is 27.9 Å². The fourth-order valence-corrected chi connectivity index (χ4v) is 4.10. The van der Waals surface area contributed by atoms with Crippen molar-refractivity contribution < 1.29 is 32.6 Å². The maximum Gasteiger partial charge on any atom is 0.416 e. The van der Waals surface area contributed by atoms with Crippen molar-refractivity contribution in [3.8, 4) is 0 Å². The fourth-order valence-electron chi connectivity index (χ4n) is 3.88. The van der Waals surface area contributed by atoms with E-state index in [0.29, 0.717) is 0 Å². The van der Waals surface area contributed by atoms with Crippen LogP contribution >= 0.6 is 11.6 Å². The summed E-state index contributed by atoms with van der Waals surface area (Å²) in [6.07, 6.45) is -2.08. The third-order valence-corrected chi connectivity index (χ3v) is 5.27. The highest BCUT2D eigenvalue weighted by molar-refractivity contribution is 6.34. The van der Waals surface area contributed by atoms with Crippen LogP contribution in [0.1, 0.15) is 5.56 Å². The molecule has 2 bridgehead atoms. The molecule has 3 heterocycles. The second kappa shape index (κ2) is 4.98. The Bertz CT molecular complexity index is 824. The van der Waals surface area contributed by atoms with Gasteiger partial charge in [-0.1, -0.05) is 23.8 Å². The van der Waals surface area contributed by atoms with Gasteiger partial charge in [0, 0.05) is 0 Å². The van der Waals surface area contributed by atoms with E-state index < -0.39 is 47.2 Å². The number of carbonyl (C=O) groups is 2. The molecule has 4 rings (SSSR count). The summed E-state index contributed by atoms with van der Waals surface area (Å²) in [5.41, 5.74) is -2.18. The normalized spacial score (nSPS) is 33.2.